The van der Waals surface area contributed by atoms with Crippen LogP contribution in [0.15, 0.2) is 53.4 Å². The lowest BCUT2D eigenvalue weighted by Gasteiger charge is -2.41. The molecule has 3 aliphatic rings. The molecule has 0 spiro atoms. The molecule has 6 rings (SSSR count). The van der Waals surface area contributed by atoms with Crippen molar-refractivity contribution in [1.29, 1.82) is 0 Å². The monoisotopic (exact) mass is 604 g/mol. The zero-order valence-electron chi connectivity index (χ0n) is 24.5. The van der Waals surface area contributed by atoms with E-state index in [9.17, 15) is 18.0 Å². The minimum absolute atomic E-state index is 0.0306. The molecule has 0 radical (unpaired) electrons. The van der Waals surface area contributed by atoms with Gasteiger partial charge in [0.1, 0.15) is 6.61 Å². The van der Waals surface area contributed by atoms with Crippen LogP contribution in [0.4, 0.5) is 5.95 Å². The van der Waals surface area contributed by atoms with Crippen LogP contribution < -0.4 is 9.46 Å². The second-order valence-electron chi connectivity index (χ2n) is 11.4. The zero-order chi connectivity index (χ0) is 30.1. The Hall–Kier alpha value is -4.03. The minimum atomic E-state index is -4.12. The summed E-state index contributed by atoms with van der Waals surface area (Å²) in [4.78, 5) is 41.7. The fourth-order valence-electron chi connectivity index (χ4n) is 6.14. The van der Waals surface area contributed by atoms with E-state index in [2.05, 4.69) is 19.6 Å². The van der Waals surface area contributed by atoms with Crippen molar-refractivity contribution in [1.82, 2.24) is 24.7 Å². The smallest absolute Gasteiger partial charge is 0.264 e. The molecule has 1 atom stereocenters. The van der Waals surface area contributed by atoms with Crippen molar-refractivity contribution in [2.45, 2.75) is 44.0 Å². The van der Waals surface area contributed by atoms with Crippen molar-refractivity contribution in [2.75, 3.05) is 50.6 Å². The quantitative estimate of drug-likeness (QED) is 0.482. The molecule has 2 aromatic carbocycles. The van der Waals surface area contributed by atoms with E-state index in [4.69, 9.17) is 4.74 Å². The van der Waals surface area contributed by atoms with Crippen molar-refractivity contribution < 1.29 is 22.7 Å². The number of benzene rings is 2. The number of nitrogens with zero attached hydrogens (tertiary/aromatic N) is 5. The largest absolute Gasteiger partial charge is 0.475 e. The van der Waals surface area contributed by atoms with E-state index in [1.165, 1.54) is 12.1 Å². The van der Waals surface area contributed by atoms with Gasteiger partial charge in [0.25, 0.3) is 15.9 Å². The van der Waals surface area contributed by atoms with Gasteiger partial charge in [-0.05, 0) is 69.1 Å². The number of hydrogen-bond acceptors (Lipinski definition) is 8. The van der Waals surface area contributed by atoms with Gasteiger partial charge in [0.05, 0.1) is 16.6 Å². The first-order valence-corrected chi connectivity index (χ1v) is 16.2. The summed E-state index contributed by atoms with van der Waals surface area (Å²) in [6.07, 6.45) is 2.73. The normalized spacial score (nSPS) is 20.2. The van der Waals surface area contributed by atoms with Crippen molar-refractivity contribution in [2.24, 2.45) is 0 Å². The lowest BCUT2D eigenvalue weighted by molar-refractivity contribution is -0.137. The molecule has 2 saturated heterocycles. The van der Waals surface area contributed by atoms with Crippen molar-refractivity contribution in [3.63, 3.8) is 0 Å². The van der Waals surface area contributed by atoms with Gasteiger partial charge in [-0.25, -0.2) is 18.1 Å². The van der Waals surface area contributed by atoms with E-state index in [-0.39, 0.29) is 47.3 Å². The second kappa shape index (κ2) is 11.9. The second-order valence-corrected chi connectivity index (χ2v) is 13.1. The number of ether oxygens (including phenoxy) is 1. The fourth-order valence-corrected chi connectivity index (χ4v) is 7.13. The molecule has 0 saturated carbocycles. The zero-order valence-corrected chi connectivity index (χ0v) is 25.3. The first kappa shape index (κ1) is 29.1. The lowest BCUT2D eigenvalue weighted by atomic mass is 10.00. The highest BCUT2D eigenvalue weighted by molar-refractivity contribution is 7.92. The number of fused-ring (bicyclic) bond motifs is 6. The van der Waals surface area contributed by atoms with E-state index < -0.39 is 16.1 Å². The number of carbonyl (C=O) groups excluding carboxylic acids is 2. The van der Waals surface area contributed by atoms with Gasteiger partial charge < -0.3 is 19.4 Å². The topological polar surface area (TPSA) is 125 Å². The first-order valence-electron chi connectivity index (χ1n) is 14.7. The van der Waals surface area contributed by atoms with Gasteiger partial charge in [0.2, 0.25) is 17.7 Å². The number of hydrogen-bond donors (Lipinski definition) is 1. The molecule has 1 N–H and O–H groups in total. The Bertz CT molecular complexity index is 1640. The van der Waals surface area contributed by atoms with Gasteiger partial charge in [-0.1, -0.05) is 24.3 Å². The molecule has 43 heavy (non-hydrogen) atoms. The highest BCUT2D eigenvalue weighted by atomic mass is 32.2. The average Bonchev–Trinajstić information content (AvgIpc) is 3.51. The van der Waals surface area contributed by atoms with Gasteiger partial charge in [-0.2, -0.15) is 4.98 Å². The highest BCUT2D eigenvalue weighted by Crippen LogP contribution is 2.30. The number of amides is 2. The average molecular weight is 605 g/mol. The minimum Gasteiger partial charge on any atom is -0.475 e. The fraction of sp³-hybridized carbons (Fsp3) is 0.419. The molecular formula is C31H36N6O5S. The van der Waals surface area contributed by atoms with Crippen molar-refractivity contribution in [3.05, 3.63) is 65.2 Å². The standard InChI is InChI=1S/C31H36N6O5S/c1-21-7-5-8-22(2)29(21)26-18-27-33-31(32-26)34-43(40,41)25-10-6-9-23(17-25)30(39)36-15-16-37(24(19-36)20-42-27)28(38)11-14-35-12-3-4-13-35/h5-10,17-18,24H,3-4,11-16,19-20H2,1-2H3,(H,32,33,34). The molecule has 226 valence electrons. The number of anilines is 1. The summed E-state index contributed by atoms with van der Waals surface area (Å²) in [6, 6.07) is 13.1. The van der Waals surface area contributed by atoms with Crippen molar-refractivity contribution in [3.8, 4) is 17.1 Å². The number of aromatic nitrogens is 2. The molecule has 2 amide bonds. The predicted molar refractivity (Wildman–Crippen MR) is 161 cm³/mol. The number of piperazine rings is 1. The van der Waals surface area contributed by atoms with Crippen LogP contribution in [0.5, 0.6) is 5.88 Å². The molecule has 0 aliphatic carbocycles. The van der Waals surface area contributed by atoms with Crippen LogP contribution in [0.1, 0.15) is 40.7 Å². The van der Waals surface area contributed by atoms with E-state index in [1.54, 1.807) is 23.1 Å². The molecule has 11 nitrogen and oxygen atoms in total. The van der Waals surface area contributed by atoms with Crippen LogP contribution in [0.3, 0.4) is 0 Å². The van der Waals surface area contributed by atoms with Crippen LogP contribution >= 0.6 is 0 Å². The van der Waals surface area contributed by atoms with E-state index in [0.29, 0.717) is 31.7 Å². The maximum Gasteiger partial charge on any atom is 0.264 e. The number of sulfonamides is 1. The molecule has 4 heterocycles. The molecule has 1 aromatic heterocycles. The molecule has 3 aromatic rings. The van der Waals surface area contributed by atoms with Crippen LogP contribution in [-0.4, -0.2) is 96.8 Å². The number of likely N-dealkylation sites (tertiary alicyclic amines) is 1. The maximum atomic E-state index is 13.5. The Morgan fingerprint density at radius 1 is 1.00 bits per heavy atom. The summed E-state index contributed by atoms with van der Waals surface area (Å²) < 4.78 is 35.5. The van der Waals surface area contributed by atoms with E-state index in [0.717, 1.165) is 42.6 Å². The summed E-state index contributed by atoms with van der Waals surface area (Å²) in [7, 11) is -4.12. The number of nitrogens with one attached hydrogen (secondary N) is 1. The number of carbonyl (C=O) groups is 2. The predicted octanol–water partition coefficient (Wildman–Crippen LogP) is 3.09. The highest BCUT2D eigenvalue weighted by Gasteiger charge is 2.34. The molecule has 6 bridgehead atoms. The first-order chi connectivity index (χ1) is 20.7. The Kier molecular flexibility index (Phi) is 8.06. The lowest BCUT2D eigenvalue weighted by Crippen LogP contribution is -2.58. The molecule has 12 heteroatoms. The van der Waals surface area contributed by atoms with Gasteiger partial charge in [0, 0.05) is 49.8 Å². The number of rotatable bonds is 4. The number of aryl methyl sites for hydroxylation is 2. The third-order valence-corrected chi connectivity index (χ3v) is 9.74. The van der Waals surface area contributed by atoms with Gasteiger partial charge in [-0.15, -0.1) is 0 Å². The SMILES string of the molecule is Cc1cccc(C)c1-c1cc2nc(n1)NS(=O)(=O)c1cccc(c1)C(=O)N1CCN(C(=O)CCN3CCCC3)C(CO2)C1. The summed E-state index contributed by atoms with van der Waals surface area (Å²) in [5.41, 5.74) is 3.55. The van der Waals surface area contributed by atoms with Crippen LogP contribution in [0.2, 0.25) is 0 Å². The molecular weight excluding hydrogens is 568 g/mol. The van der Waals surface area contributed by atoms with Crippen LogP contribution in [0, 0.1) is 13.8 Å². The van der Waals surface area contributed by atoms with E-state index in [1.807, 2.05) is 36.9 Å². The Balaban J connectivity index is 1.38. The summed E-state index contributed by atoms with van der Waals surface area (Å²) in [5, 5.41) is 0. The summed E-state index contributed by atoms with van der Waals surface area (Å²) in [6.45, 7) is 7.71. The van der Waals surface area contributed by atoms with Crippen molar-refractivity contribution >= 4 is 27.8 Å². The third kappa shape index (κ3) is 6.21. The third-order valence-electron chi connectivity index (χ3n) is 8.41. The maximum absolute atomic E-state index is 13.5. The Morgan fingerprint density at radius 2 is 1.74 bits per heavy atom. The van der Waals surface area contributed by atoms with Gasteiger partial charge >= 0.3 is 0 Å². The molecule has 1 unspecified atom stereocenters. The summed E-state index contributed by atoms with van der Waals surface area (Å²) >= 11 is 0. The van der Waals surface area contributed by atoms with Gasteiger partial charge in [0.15, 0.2) is 0 Å². The van der Waals surface area contributed by atoms with Gasteiger partial charge in [-0.3, -0.25) is 9.59 Å². The Morgan fingerprint density at radius 3 is 2.51 bits per heavy atom. The molecule has 3 aliphatic heterocycles. The van der Waals surface area contributed by atoms with E-state index >= 15 is 0 Å². The van der Waals surface area contributed by atoms with Crippen LogP contribution in [-0.2, 0) is 14.8 Å². The van der Waals surface area contributed by atoms with Crippen LogP contribution in [0.25, 0.3) is 11.3 Å². The molecule has 2 fully saturated rings. The Labute approximate surface area is 251 Å². The summed E-state index contributed by atoms with van der Waals surface area (Å²) in [5.74, 6) is -0.240.